The van der Waals surface area contributed by atoms with Gasteiger partial charge in [0.15, 0.2) is 0 Å². The third-order valence-corrected chi connectivity index (χ3v) is 3.27. The van der Waals surface area contributed by atoms with E-state index in [4.69, 9.17) is 0 Å². The maximum Gasteiger partial charge on any atom is 0.227 e. The van der Waals surface area contributed by atoms with Gasteiger partial charge in [0, 0.05) is 12.0 Å². The lowest BCUT2D eigenvalue weighted by Gasteiger charge is -2.41. The molecule has 1 aromatic rings. The molecule has 1 aromatic carbocycles. The van der Waals surface area contributed by atoms with Crippen LogP contribution in [-0.2, 0) is 4.79 Å². The molecule has 0 atom stereocenters. The van der Waals surface area contributed by atoms with Crippen LogP contribution in [0.1, 0.15) is 39.7 Å². The van der Waals surface area contributed by atoms with Crippen LogP contribution in [0, 0.1) is 0 Å². The van der Waals surface area contributed by atoms with Crippen LogP contribution < -0.4 is 4.90 Å². The molecule has 2 nitrogen and oxygen atoms in total. The molecule has 1 aliphatic heterocycles. The highest BCUT2D eigenvalue weighted by molar-refractivity contribution is 6.00. The van der Waals surface area contributed by atoms with Crippen LogP contribution in [0.2, 0.25) is 0 Å². The summed E-state index contributed by atoms with van der Waals surface area (Å²) in [6, 6.07) is 8.11. The van der Waals surface area contributed by atoms with Gasteiger partial charge in [0.05, 0.1) is 11.2 Å². The van der Waals surface area contributed by atoms with Gasteiger partial charge in [-0.25, -0.2) is 0 Å². The van der Waals surface area contributed by atoms with Gasteiger partial charge in [-0.2, -0.15) is 0 Å². The summed E-state index contributed by atoms with van der Waals surface area (Å²) in [4.78, 5) is 14.1. The van der Waals surface area contributed by atoms with E-state index >= 15 is 0 Å². The molecule has 0 radical (unpaired) electrons. The Kier molecular flexibility index (Phi) is 2.82. The number of hydrogen-bond donors (Lipinski definition) is 0. The highest BCUT2D eigenvalue weighted by atomic mass is 16.2. The quantitative estimate of drug-likeness (QED) is 0.720. The van der Waals surface area contributed by atoms with Crippen molar-refractivity contribution < 1.29 is 4.79 Å². The van der Waals surface area contributed by atoms with E-state index in [1.54, 1.807) is 0 Å². The maximum atomic E-state index is 12.1. The predicted octanol–water partition coefficient (Wildman–Crippen LogP) is 3.63. The molecule has 1 amide bonds. The van der Waals surface area contributed by atoms with Gasteiger partial charge < -0.3 is 4.90 Å². The third-order valence-electron chi connectivity index (χ3n) is 3.27. The van der Waals surface area contributed by atoms with E-state index < -0.39 is 0 Å². The number of carbonyl (C=O) groups excluding carboxylic acids is 1. The van der Waals surface area contributed by atoms with Crippen LogP contribution in [0.15, 0.2) is 30.3 Å². The number of amides is 1. The lowest BCUT2D eigenvalue weighted by Crippen LogP contribution is -2.48. The second-order valence-electron chi connectivity index (χ2n) is 5.08. The van der Waals surface area contributed by atoms with Gasteiger partial charge in [-0.05, 0) is 32.4 Å². The van der Waals surface area contributed by atoms with Gasteiger partial charge >= 0.3 is 0 Å². The molecular formula is C15H19NO. The highest BCUT2D eigenvalue weighted by Gasteiger charge is 2.34. The third kappa shape index (κ3) is 1.88. The van der Waals surface area contributed by atoms with Crippen molar-refractivity contribution in [1.29, 1.82) is 0 Å². The number of allylic oxidation sites excluding steroid dienone is 1. The Morgan fingerprint density at radius 1 is 1.29 bits per heavy atom. The smallest absolute Gasteiger partial charge is 0.227 e. The fraction of sp³-hybridized carbons (Fsp3) is 0.400. The molecule has 0 saturated carbocycles. The van der Waals surface area contributed by atoms with Gasteiger partial charge in [0.1, 0.15) is 0 Å². The molecule has 2 rings (SSSR count). The molecule has 2 heteroatoms. The first-order valence-electron chi connectivity index (χ1n) is 6.09. The first-order chi connectivity index (χ1) is 7.97. The minimum atomic E-state index is -0.245. The second kappa shape index (κ2) is 4.02. The van der Waals surface area contributed by atoms with E-state index in [0.29, 0.717) is 6.42 Å². The molecule has 0 aliphatic carbocycles. The lowest BCUT2D eigenvalue weighted by molar-refractivity contribution is -0.119. The van der Waals surface area contributed by atoms with Crippen molar-refractivity contribution in [3.05, 3.63) is 35.9 Å². The van der Waals surface area contributed by atoms with Gasteiger partial charge in [-0.3, -0.25) is 4.79 Å². The molecule has 0 unspecified atom stereocenters. The number of anilines is 1. The number of carbonyl (C=O) groups is 1. The zero-order valence-electron chi connectivity index (χ0n) is 10.9. The fourth-order valence-electron chi connectivity index (χ4n) is 2.60. The molecule has 0 aromatic heterocycles. The largest absolute Gasteiger partial charge is 0.303 e. The number of para-hydroxylation sites is 1. The van der Waals surface area contributed by atoms with Crippen LogP contribution in [0.5, 0.6) is 0 Å². The van der Waals surface area contributed by atoms with Crippen molar-refractivity contribution in [1.82, 2.24) is 0 Å². The highest BCUT2D eigenvalue weighted by Crippen LogP contribution is 2.38. The summed E-state index contributed by atoms with van der Waals surface area (Å²) in [5.74, 6) is 0.172. The van der Waals surface area contributed by atoms with E-state index in [-0.39, 0.29) is 11.4 Å². The van der Waals surface area contributed by atoms with Crippen LogP contribution in [0.3, 0.4) is 0 Å². The van der Waals surface area contributed by atoms with Gasteiger partial charge in [-0.1, -0.05) is 31.2 Å². The summed E-state index contributed by atoms with van der Waals surface area (Å²) < 4.78 is 0. The summed E-state index contributed by atoms with van der Waals surface area (Å²) in [6.45, 7) is 8.18. The normalized spacial score (nSPS) is 17.4. The predicted molar refractivity (Wildman–Crippen MR) is 71.9 cm³/mol. The molecule has 0 N–H and O–H groups in total. The van der Waals surface area contributed by atoms with Crippen LogP contribution in [0.4, 0.5) is 5.69 Å². The standard InChI is InChI=1S/C15H19NO/c1-5-14(17)16-13-9-7-6-8-12(13)11(2)10-15(16,3)4/h6-10H,5H2,1-4H3. The molecule has 1 heterocycles. The Bertz CT molecular complexity index is 485. The maximum absolute atomic E-state index is 12.1. The van der Waals surface area contributed by atoms with Crippen molar-refractivity contribution in [3.8, 4) is 0 Å². The van der Waals surface area contributed by atoms with E-state index in [1.165, 1.54) is 5.57 Å². The molecule has 0 fully saturated rings. The van der Waals surface area contributed by atoms with E-state index in [2.05, 4.69) is 32.9 Å². The average molecular weight is 229 g/mol. The monoisotopic (exact) mass is 229 g/mol. The van der Waals surface area contributed by atoms with Crippen LogP contribution in [-0.4, -0.2) is 11.4 Å². The molecule has 17 heavy (non-hydrogen) atoms. The summed E-state index contributed by atoms with van der Waals surface area (Å²) in [5.41, 5.74) is 3.19. The summed E-state index contributed by atoms with van der Waals surface area (Å²) >= 11 is 0. The molecule has 1 aliphatic rings. The molecular weight excluding hydrogens is 210 g/mol. The lowest BCUT2D eigenvalue weighted by atomic mass is 9.88. The number of hydrogen-bond acceptors (Lipinski definition) is 1. The number of rotatable bonds is 1. The molecule has 0 saturated heterocycles. The van der Waals surface area contributed by atoms with Crippen molar-refractivity contribution >= 4 is 17.2 Å². The Morgan fingerprint density at radius 2 is 1.94 bits per heavy atom. The van der Waals surface area contributed by atoms with E-state index in [0.717, 1.165) is 11.3 Å². The summed E-state index contributed by atoms with van der Waals surface area (Å²) in [5, 5.41) is 0. The molecule has 0 bridgehead atoms. The molecule has 90 valence electrons. The minimum Gasteiger partial charge on any atom is -0.303 e. The first-order valence-corrected chi connectivity index (χ1v) is 6.09. The zero-order valence-corrected chi connectivity index (χ0v) is 10.9. The molecule has 0 spiro atoms. The number of benzene rings is 1. The van der Waals surface area contributed by atoms with Gasteiger partial charge in [-0.15, -0.1) is 0 Å². The Labute approximate surface area is 103 Å². The Balaban J connectivity index is 2.62. The van der Waals surface area contributed by atoms with E-state index in [1.807, 2.05) is 30.0 Å². The number of fused-ring (bicyclic) bond motifs is 1. The van der Waals surface area contributed by atoms with E-state index in [9.17, 15) is 4.79 Å². The van der Waals surface area contributed by atoms with Crippen molar-refractivity contribution in [3.63, 3.8) is 0 Å². The summed E-state index contributed by atoms with van der Waals surface area (Å²) in [6.07, 6.45) is 2.70. The fourth-order valence-corrected chi connectivity index (χ4v) is 2.60. The number of nitrogens with zero attached hydrogens (tertiary/aromatic N) is 1. The van der Waals surface area contributed by atoms with Crippen molar-refractivity contribution in [2.45, 2.75) is 39.7 Å². The Morgan fingerprint density at radius 3 is 2.59 bits per heavy atom. The topological polar surface area (TPSA) is 20.3 Å². The summed E-state index contributed by atoms with van der Waals surface area (Å²) in [7, 11) is 0. The van der Waals surface area contributed by atoms with Crippen LogP contribution in [0.25, 0.3) is 5.57 Å². The van der Waals surface area contributed by atoms with Crippen molar-refractivity contribution in [2.75, 3.05) is 4.90 Å². The SMILES string of the molecule is CCC(=O)N1c2ccccc2C(C)=CC1(C)C. The average Bonchev–Trinajstić information content (AvgIpc) is 2.27. The van der Waals surface area contributed by atoms with Gasteiger partial charge in [0.2, 0.25) is 5.91 Å². The van der Waals surface area contributed by atoms with Crippen molar-refractivity contribution in [2.24, 2.45) is 0 Å². The zero-order chi connectivity index (χ0) is 12.6. The van der Waals surface area contributed by atoms with Crippen LogP contribution >= 0.6 is 0 Å². The second-order valence-corrected chi connectivity index (χ2v) is 5.08. The Hall–Kier alpha value is -1.57. The minimum absolute atomic E-state index is 0.172. The van der Waals surface area contributed by atoms with Gasteiger partial charge in [0.25, 0.3) is 0 Å². The first kappa shape index (κ1) is 11.9.